The molecule has 2 aliphatic carbocycles. The van der Waals surface area contributed by atoms with Gasteiger partial charge in [0.05, 0.1) is 0 Å². The summed E-state index contributed by atoms with van der Waals surface area (Å²) >= 11 is 0. The summed E-state index contributed by atoms with van der Waals surface area (Å²) in [6, 6.07) is 9.77. The lowest BCUT2D eigenvalue weighted by molar-refractivity contribution is 0.415. The Labute approximate surface area is 129 Å². The maximum atomic E-state index is 3.81. The van der Waals surface area contributed by atoms with Crippen LogP contribution in [0.3, 0.4) is 0 Å². The Bertz CT molecular complexity index is 536. The number of aryl methyl sites for hydroxylation is 1. The molecule has 0 bridgehead atoms. The lowest BCUT2D eigenvalue weighted by Gasteiger charge is -2.18. The maximum Gasteiger partial charge on any atom is 0.0113 e. The first-order chi connectivity index (χ1) is 10.4. The summed E-state index contributed by atoms with van der Waals surface area (Å²) < 4.78 is 0. The van der Waals surface area contributed by atoms with Crippen molar-refractivity contribution in [2.24, 2.45) is 11.8 Å². The van der Waals surface area contributed by atoms with Crippen LogP contribution in [-0.4, -0.2) is 12.6 Å². The highest BCUT2D eigenvalue weighted by Gasteiger charge is 2.55. The predicted octanol–water partition coefficient (Wildman–Crippen LogP) is 4.13. The topological polar surface area (TPSA) is 12.0 Å². The van der Waals surface area contributed by atoms with Crippen LogP contribution < -0.4 is 5.32 Å². The van der Waals surface area contributed by atoms with Crippen LogP contribution in [0.1, 0.15) is 56.6 Å². The zero-order chi connectivity index (χ0) is 14.7. The fourth-order valence-corrected chi connectivity index (χ4v) is 4.28. The summed E-state index contributed by atoms with van der Waals surface area (Å²) in [6.45, 7) is 5.34. The zero-order valence-electron chi connectivity index (χ0n) is 13.4. The van der Waals surface area contributed by atoms with Gasteiger partial charge in [-0.05, 0) is 68.0 Å². The van der Waals surface area contributed by atoms with Gasteiger partial charge in [0.15, 0.2) is 0 Å². The molecule has 112 valence electrons. The molecule has 1 fully saturated rings. The van der Waals surface area contributed by atoms with E-state index in [1.165, 1.54) is 25.7 Å². The minimum absolute atomic E-state index is 0.659. The molecule has 0 heterocycles. The van der Waals surface area contributed by atoms with Crippen molar-refractivity contribution in [1.82, 2.24) is 5.32 Å². The number of hydrogen-bond acceptors (Lipinski definition) is 1. The molecule has 1 nitrogen and oxygen atoms in total. The summed E-state index contributed by atoms with van der Waals surface area (Å²) in [4.78, 5) is 0. The van der Waals surface area contributed by atoms with Gasteiger partial charge in [-0.2, -0.15) is 0 Å². The highest BCUT2D eigenvalue weighted by atomic mass is 14.9. The van der Waals surface area contributed by atoms with Crippen molar-refractivity contribution in [2.75, 3.05) is 6.54 Å². The monoisotopic (exact) mass is 281 g/mol. The lowest BCUT2D eigenvalue weighted by Crippen LogP contribution is -2.32. The first kappa shape index (κ1) is 14.7. The molecule has 0 spiro atoms. The second-order valence-corrected chi connectivity index (χ2v) is 6.53. The number of nitrogens with one attached hydrogen (secondary N) is 1. The molecule has 1 heteroatoms. The molecule has 0 radical (unpaired) electrons. The van der Waals surface area contributed by atoms with Gasteiger partial charge in [-0.3, -0.25) is 0 Å². The van der Waals surface area contributed by atoms with Crippen LogP contribution in [0.25, 0.3) is 0 Å². The third-order valence-electron chi connectivity index (χ3n) is 5.27. The Balaban J connectivity index is 1.71. The SMILES string of the molecule is CC#CCCC(NCCC)C1C2CCc3ccccc3C21. The number of rotatable bonds is 6. The minimum atomic E-state index is 0.659. The Morgan fingerprint density at radius 3 is 3.00 bits per heavy atom. The van der Waals surface area contributed by atoms with Crippen LogP contribution in [0.2, 0.25) is 0 Å². The maximum absolute atomic E-state index is 3.81. The minimum Gasteiger partial charge on any atom is -0.314 e. The van der Waals surface area contributed by atoms with Crippen LogP contribution >= 0.6 is 0 Å². The van der Waals surface area contributed by atoms with Crippen molar-refractivity contribution in [2.45, 2.75) is 57.9 Å². The molecule has 1 saturated carbocycles. The van der Waals surface area contributed by atoms with Gasteiger partial charge in [0, 0.05) is 12.5 Å². The first-order valence-corrected chi connectivity index (χ1v) is 8.57. The van der Waals surface area contributed by atoms with Crippen LogP contribution in [0, 0.1) is 23.7 Å². The lowest BCUT2D eigenvalue weighted by atomic mass is 9.92. The third kappa shape index (κ3) is 3.01. The average Bonchev–Trinajstić information content (AvgIpc) is 3.26. The van der Waals surface area contributed by atoms with Crippen molar-refractivity contribution in [3.63, 3.8) is 0 Å². The second kappa shape index (κ2) is 6.67. The Kier molecular flexibility index (Phi) is 4.66. The van der Waals surface area contributed by atoms with Crippen molar-refractivity contribution in [3.8, 4) is 11.8 Å². The van der Waals surface area contributed by atoms with Gasteiger partial charge in [0.25, 0.3) is 0 Å². The van der Waals surface area contributed by atoms with Gasteiger partial charge < -0.3 is 5.32 Å². The van der Waals surface area contributed by atoms with Gasteiger partial charge >= 0.3 is 0 Å². The van der Waals surface area contributed by atoms with E-state index in [1.54, 1.807) is 11.1 Å². The average molecular weight is 281 g/mol. The van der Waals surface area contributed by atoms with E-state index in [2.05, 4.69) is 48.3 Å². The quantitative estimate of drug-likeness (QED) is 0.773. The third-order valence-corrected chi connectivity index (χ3v) is 5.27. The Morgan fingerprint density at radius 2 is 2.19 bits per heavy atom. The number of hydrogen-bond donors (Lipinski definition) is 1. The molecule has 1 N–H and O–H groups in total. The molecular formula is C20H27N. The standard InChI is InChI=1S/C20H27N/c1-3-5-6-11-18(21-14-4-2)20-17-13-12-15-9-7-8-10-16(15)19(17)20/h7-10,17-21H,4,6,11-14H2,1-2H3. The molecule has 2 aliphatic rings. The second-order valence-electron chi connectivity index (χ2n) is 6.53. The van der Waals surface area contributed by atoms with E-state index >= 15 is 0 Å². The normalized spacial score (nSPS) is 27.0. The molecule has 0 saturated heterocycles. The van der Waals surface area contributed by atoms with Gasteiger partial charge in [-0.15, -0.1) is 11.8 Å². The molecule has 1 aromatic carbocycles. The fraction of sp³-hybridized carbons (Fsp3) is 0.600. The summed E-state index contributed by atoms with van der Waals surface area (Å²) in [5.74, 6) is 8.87. The largest absolute Gasteiger partial charge is 0.314 e. The molecule has 21 heavy (non-hydrogen) atoms. The van der Waals surface area contributed by atoms with E-state index in [-0.39, 0.29) is 0 Å². The summed E-state index contributed by atoms with van der Waals surface area (Å²) in [6.07, 6.45) is 6.13. The van der Waals surface area contributed by atoms with Gasteiger partial charge in [0.2, 0.25) is 0 Å². The number of benzene rings is 1. The van der Waals surface area contributed by atoms with E-state index in [0.29, 0.717) is 6.04 Å². The smallest absolute Gasteiger partial charge is 0.0113 e. The Hall–Kier alpha value is -1.26. The predicted molar refractivity (Wildman–Crippen MR) is 89.2 cm³/mol. The van der Waals surface area contributed by atoms with Crippen molar-refractivity contribution < 1.29 is 0 Å². The molecule has 0 aliphatic heterocycles. The first-order valence-electron chi connectivity index (χ1n) is 8.57. The number of fused-ring (bicyclic) bond motifs is 3. The summed E-state index contributed by atoms with van der Waals surface area (Å²) in [7, 11) is 0. The van der Waals surface area contributed by atoms with Crippen LogP contribution in [0.15, 0.2) is 24.3 Å². The van der Waals surface area contributed by atoms with E-state index < -0.39 is 0 Å². The van der Waals surface area contributed by atoms with Gasteiger partial charge in [0.1, 0.15) is 0 Å². The Morgan fingerprint density at radius 1 is 1.33 bits per heavy atom. The van der Waals surface area contributed by atoms with Crippen LogP contribution in [0.4, 0.5) is 0 Å². The van der Waals surface area contributed by atoms with Crippen LogP contribution in [-0.2, 0) is 6.42 Å². The highest BCUT2D eigenvalue weighted by Crippen LogP contribution is 2.61. The molecule has 4 atom stereocenters. The molecule has 4 unspecified atom stereocenters. The van der Waals surface area contributed by atoms with Crippen molar-refractivity contribution in [1.29, 1.82) is 0 Å². The zero-order valence-corrected chi connectivity index (χ0v) is 13.4. The van der Waals surface area contributed by atoms with Crippen molar-refractivity contribution >= 4 is 0 Å². The van der Waals surface area contributed by atoms with E-state index in [0.717, 1.165) is 30.7 Å². The van der Waals surface area contributed by atoms with Gasteiger partial charge in [-0.25, -0.2) is 0 Å². The molecule has 1 aromatic rings. The molecule has 0 aromatic heterocycles. The molecule has 0 amide bonds. The molecular weight excluding hydrogens is 254 g/mol. The molecule has 3 rings (SSSR count). The van der Waals surface area contributed by atoms with E-state index in [9.17, 15) is 0 Å². The van der Waals surface area contributed by atoms with E-state index in [4.69, 9.17) is 0 Å². The summed E-state index contributed by atoms with van der Waals surface area (Å²) in [5, 5.41) is 3.81. The van der Waals surface area contributed by atoms with Gasteiger partial charge in [-0.1, -0.05) is 31.2 Å². The van der Waals surface area contributed by atoms with Crippen LogP contribution in [0.5, 0.6) is 0 Å². The fourth-order valence-electron chi connectivity index (χ4n) is 4.28. The van der Waals surface area contributed by atoms with E-state index in [1.807, 2.05) is 6.92 Å². The highest BCUT2D eigenvalue weighted by molar-refractivity contribution is 5.40. The van der Waals surface area contributed by atoms with Crippen molar-refractivity contribution in [3.05, 3.63) is 35.4 Å². The summed E-state index contributed by atoms with van der Waals surface area (Å²) in [5.41, 5.74) is 3.24.